The Morgan fingerprint density at radius 2 is 1.66 bits per heavy atom. The number of hydrogen-bond acceptors (Lipinski definition) is 2. The molecule has 2 heteroatoms. The maximum absolute atomic E-state index is 8.21. The predicted molar refractivity (Wildman–Crippen MR) is 135 cm³/mol. The van der Waals surface area contributed by atoms with Crippen LogP contribution in [-0.2, 0) is 5.41 Å². The van der Waals surface area contributed by atoms with Gasteiger partial charge in [0.2, 0.25) is 0 Å². The molecule has 2 heterocycles. The zero-order valence-electron chi connectivity index (χ0n) is 21.4. The number of benzene rings is 4. The molecule has 2 aromatic heterocycles. The molecule has 6 rings (SSSR count). The molecule has 156 valence electrons. The smallest absolute Gasteiger partial charge is 0.145 e. The molecule has 2 nitrogen and oxygen atoms in total. The van der Waals surface area contributed by atoms with Crippen LogP contribution in [0.4, 0.5) is 0 Å². The van der Waals surface area contributed by atoms with Gasteiger partial charge >= 0.3 is 0 Å². The third-order valence-electron chi connectivity index (χ3n) is 6.39. The van der Waals surface area contributed by atoms with Gasteiger partial charge in [-0.05, 0) is 75.3 Å². The third-order valence-corrected chi connectivity index (χ3v) is 6.39. The lowest BCUT2D eigenvalue weighted by atomic mass is 9.87. The van der Waals surface area contributed by atoms with Crippen molar-refractivity contribution in [2.75, 3.05) is 0 Å². The minimum absolute atomic E-state index is 0.0396. The van der Waals surface area contributed by atoms with Gasteiger partial charge < -0.3 is 4.42 Å². The number of furan rings is 1. The molecule has 0 unspecified atom stereocenters. The largest absolute Gasteiger partial charge is 0.455 e. The van der Waals surface area contributed by atoms with E-state index in [4.69, 9.17) is 8.53 Å². The van der Waals surface area contributed by atoms with Gasteiger partial charge in [0, 0.05) is 26.6 Å². The second-order valence-corrected chi connectivity index (χ2v) is 9.50. The fourth-order valence-corrected chi connectivity index (χ4v) is 4.63. The van der Waals surface area contributed by atoms with Crippen LogP contribution in [0.5, 0.6) is 0 Å². The van der Waals surface area contributed by atoms with Gasteiger partial charge in [0.25, 0.3) is 0 Å². The summed E-state index contributed by atoms with van der Waals surface area (Å²) in [6.45, 7) is 4.22. The predicted octanol–water partition coefficient (Wildman–Crippen LogP) is 8.56. The normalized spacial score (nSPS) is 14.2. The lowest BCUT2D eigenvalue weighted by molar-refractivity contribution is 0.589. The Kier molecular flexibility index (Phi) is 3.35. The van der Waals surface area contributed by atoms with E-state index in [9.17, 15) is 0 Å². The second kappa shape index (κ2) is 6.67. The minimum atomic E-state index is -2.27. The van der Waals surface area contributed by atoms with Crippen LogP contribution >= 0.6 is 0 Å². The quantitative estimate of drug-likeness (QED) is 0.250. The number of aryl methyl sites for hydroxylation is 1. The van der Waals surface area contributed by atoms with E-state index in [2.05, 4.69) is 62.2 Å². The monoisotopic (exact) mass is 418 g/mol. The highest BCUT2D eigenvalue weighted by Gasteiger charge is 2.19. The van der Waals surface area contributed by atoms with E-state index in [1.807, 2.05) is 36.5 Å². The Morgan fingerprint density at radius 1 is 0.812 bits per heavy atom. The Hall–Kier alpha value is -3.65. The van der Waals surface area contributed by atoms with Crippen LogP contribution < -0.4 is 0 Å². The van der Waals surface area contributed by atoms with Gasteiger partial charge in [-0.25, -0.2) is 0 Å². The first kappa shape index (κ1) is 16.0. The Morgan fingerprint density at radius 3 is 2.50 bits per heavy atom. The maximum Gasteiger partial charge on any atom is 0.145 e. The molecule has 0 saturated carbocycles. The molecule has 0 fully saturated rings. The van der Waals surface area contributed by atoms with Crippen LogP contribution in [0.2, 0.25) is 0 Å². The van der Waals surface area contributed by atoms with E-state index in [1.165, 1.54) is 0 Å². The van der Waals surface area contributed by atoms with Crippen LogP contribution in [0.15, 0.2) is 83.4 Å². The first-order chi connectivity index (χ1) is 16.6. The van der Waals surface area contributed by atoms with Crippen LogP contribution in [0, 0.1) is 6.85 Å². The Balaban J connectivity index is 1.72. The van der Waals surface area contributed by atoms with Gasteiger partial charge in [-0.3, -0.25) is 4.98 Å². The van der Waals surface area contributed by atoms with Gasteiger partial charge in [-0.1, -0.05) is 63.2 Å². The van der Waals surface area contributed by atoms with Crippen molar-refractivity contribution in [3.8, 4) is 11.3 Å². The number of aromatic nitrogens is 1. The fraction of sp³-hybridized carbons (Fsp3) is 0.167. The number of fused-ring (bicyclic) bond motifs is 6. The summed E-state index contributed by atoms with van der Waals surface area (Å²) >= 11 is 0. The number of hydrogen-bond donors (Lipinski definition) is 0. The Labute approximate surface area is 191 Å². The molecule has 32 heavy (non-hydrogen) atoms. The molecule has 0 atom stereocenters. The van der Waals surface area contributed by atoms with Crippen molar-refractivity contribution >= 4 is 43.5 Å². The van der Waals surface area contributed by atoms with Crippen molar-refractivity contribution in [1.29, 1.82) is 0 Å². The van der Waals surface area contributed by atoms with Gasteiger partial charge in [0.1, 0.15) is 11.2 Å². The molecule has 0 aliphatic heterocycles. The summed E-state index contributed by atoms with van der Waals surface area (Å²) in [6, 6.07) is 24.2. The van der Waals surface area contributed by atoms with Crippen LogP contribution in [-0.4, -0.2) is 4.98 Å². The summed E-state index contributed by atoms with van der Waals surface area (Å²) in [5.74, 6) is 0. The average molecular weight is 419 g/mol. The Bertz CT molecular complexity index is 1770. The molecule has 0 aliphatic carbocycles. The molecular weight excluding hydrogens is 390 g/mol. The molecule has 0 spiro atoms. The van der Waals surface area contributed by atoms with Crippen molar-refractivity contribution in [2.24, 2.45) is 0 Å². The van der Waals surface area contributed by atoms with Crippen molar-refractivity contribution < 1.29 is 8.53 Å². The van der Waals surface area contributed by atoms with Crippen molar-refractivity contribution in [3.63, 3.8) is 0 Å². The van der Waals surface area contributed by atoms with Crippen molar-refractivity contribution in [1.82, 2.24) is 4.98 Å². The van der Waals surface area contributed by atoms with Gasteiger partial charge in [0.15, 0.2) is 0 Å². The standard InChI is InChI=1S/C30H25NO/c1-18-9-12-23(26-16-21(13-14-31-26)30(2,3)4)29-28(18)25-15-20-11-10-19-7-5-6-8-22(19)24(20)17-27(25)32-29/h5-17H,1-4H3/i1D3. The molecule has 0 saturated heterocycles. The lowest BCUT2D eigenvalue weighted by Crippen LogP contribution is -2.11. The highest BCUT2D eigenvalue weighted by Crippen LogP contribution is 2.40. The highest BCUT2D eigenvalue weighted by atomic mass is 16.3. The van der Waals surface area contributed by atoms with Gasteiger partial charge in [-0.15, -0.1) is 0 Å². The first-order valence-corrected chi connectivity index (χ1v) is 10.9. The fourth-order valence-electron chi connectivity index (χ4n) is 4.63. The van der Waals surface area contributed by atoms with E-state index in [-0.39, 0.29) is 5.41 Å². The van der Waals surface area contributed by atoms with E-state index in [1.54, 1.807) is 6.07 Å². The summed E-state index contributed by atoms with van der Waals surface area (Å²) in [5.41, 5.74) is 4.21. The molecule has 0 amide bonds. The van der Waals surface area contributed by atoms with E-state index < -0.39 is 6.85 Å². The number of rotatable bonds is 1. The van der Waals surface area contributed by atoms with Crippen LogP contribution in [0.3, 0.4) is 0 Å². The molecule has 6 aromatic rings. The van der Waals surface area contributed by atoms with Crippen LogP contribution in [0.25, 0.3) is 54.7 Å². The van der Waals surface area contributed by atoms with Gasteiger partial charge in [0.05, 0.1) is 5.69 Å². The van der Waals surface area contributed by atoms with Crippen molar-refractivity contribution in [3.05, 3.63) is 90.1 Å². The third kappa shape index (κ3) is 2.83. The molecule has 0 aliphatic rings. The summed E-state index contributed by atoms with van der Waals surface area (Å²) < 4.78 is 31.1. The summed E-state index contributed by atoms with van der Waals surface area (Å²) in [5, 5.41) is 5.87. The lowest BCUT2D eigenvalue weighted by Gasteiger charge is -2.19. The van der Waals surface area contributed by atoms with E-state index in [0.717, 1.165) is 43.8 Å². The second-order valence-electron chi connectivity index (χ2n) is 9.50. The molecule has 0 bridgehead atoms. The molecule has 0 N–H and O–H groups in total. The number of nitrogens with zero attached hydrogens (tertiary/aromatic N) is 1. The minimum Gasteiger partial charge on any atom is -0.455 e. The van der Waals surface area contributed by atoms with Crippen molar-refractivity contribution in [2.45, 2.75) is 33.0 Å². The summed E-state index contributed by atoms with van der Waals surface area (Å²) in [4.78, 5) is 4.63. The maximum atomic E-state index is 8.21. The van der Waals surface area contributed by atoms with Crippen LogP contribution in [0.1, 0.15) is 36.0 Å². The molecular formula is C30H25NO. The van der Waals surface area contributed by atoms with Gasteiger partial charge in [-0.2, -0.15) is 0 Å². The molecule has 0 radical (unpaired) electrons. The van der Waals surface area contributed by atoms with E-state index >= 15 is 0 Å². The average Bonchev–Trinajstić information content (AvgIpc) is 3.19. The topological polar surface area (TPSA) is 26.0 Å². The first-order valence-electron chi connectivity index (χ1n) is 12.4. The van der Waals surface area contributed by atoms with E-state index in [0.29, 0.717) is 22.1 Å². The molecule has 4 aromatic carbocycles. The summed E-state index contributed by atoms with van der Waals surface area (Å²) in [6.07, 6.45) is 1.81. The zero-order valence-corrected chi connectivity index (χ0v) is 18.4. The summed E-state index contributed by atoms with van der Waals surface area (Å²) in [7, 11) is 0. The zero-order chi connectivity index (χ0) is 24.5. The SMILES string of the molecule is [2H]C([2H])([2H])c1ccc(-c2cc(C(C)(C)C)ccn2)c2oc3cc4c(ccc5ccccc54)cc3c12. The highest BCUT2D eigenvalue weighted by molar-refractivity contribution is 6.18. The number of pyridine rings is 1.